The average Bonchev–Trinajstić information content (AvgIpc) is 2.72. The number of hydrogen-bond donors (Lipinski definition) is 1. The van der Waals surface area contributed by atoms with Gasteiger partial charge in [0, 0.05) is 23.6 Å². The number of anilines is 1. The third-order valence-electron chi connectivity index (χ3n) is 2.27. The summed E-state index contributed by atoms with van der Waals surface area (Å²) >= 11 is 7.60. The van der Waals surface area contributed by atoms with E-state index in [1.165, 1.54) is 11.3 Å². The largest absolute Gasteiger partial charge is 0.399 e. The van der Waals surface area contributed by atoms with E-state index in [2.05, 4.69) is 15.0 Å². The Balaban J connectivity index is 2.20. The van der Waals surface area contributed by atoms with E-state index >= 15 is 0 Å². The molecule has 2 aromatic heterocycles. The molecule has 0 spiro atoms. The lowest BCUT2D eigenvalue weighted by Gasteiger charge is -2.00. The molecule has 3 rings (SSSR count). The number of nitrogens with two attached hydrogens (primary N) is 1. The molecule has 3 aromatic rings. The number of benzene rings is 1. The summed E-state index contributed by atoms with van der Waals surface area (Å²) in [5.41, 5.74) is 7.78. The lowest BCUT2D eigenvalue weighted by molar-refractivity contribution is 1.26. The highest BCUT2D eigenvalue weighted by molar-refractivity contribution is 7.21. The molecule has 0 saturated carbocycles. The Morgan fingerprint density at radius 3 is 2.76 bits per heavy atom. The Hall–Kier alpha value is -1.72. The molecule has 0 saturated heterocycles. The normalized spacial score (nSPS) is 10.9. The third kappa shape index (κ3) is 1.83. The van der Waals surface area contributed by atoms with Crippen molar-refractivity contribution >= 4 is 39.1 Å². The highest BCUT2D eigenvalue weighted by atomic mass is 35.5. The van der Waals surface area contributed by atoms with Crippen molar-refractivity contribution in [3.05, 3.63) is 35.6 Å². The van der Waals surface area contributed by atoms with Crippen LogP contribution in [0.25, 0.3) is 21.0 Å². The SMILES string of the molecule is Nc1ccc(-c2nc3nccnc3s2)c(Cl)c1. The van der Waals surface area contributed by atoms with Crippen LogP contribution in [0.5, 0.6) is 0 Å². The minimum atomic E-state index is 0.587. The van der Waals surface area contributed by atoms with Crippen LogP contribution in [-0.2, 0) is 0 Å². The van der Waals surface area contributed by atoms with Gasteiger partial charge in [-0.2, -0.15) is 0 Å². The molecule has 17 heavy (non-hydrogen) atoms. The Bertz CT molecular complexity index is 662. The number of fused-ring (bicyclic) bond motifs is 1. The van der Waals surface area contributed by atoms with E-state index in [-0.39, 0.29) is 0 Å². The smallest absolute Gasteiger partial charge is 0.190 e. The van der Waals surface area contributed by atoms with E-state index in [1.807, 2.05) is 6.07 Å². The molecule has 0 atom stereocenters. The maximum absolute atomic E-state index is 6.14. The van der Waals surface area contributed by atoms with Gasteiger partial charge in [-0.25, -0.2) is 15.0 Å². The van der Waals surface area contributed by atoms with Crippen LogP contribution in [0.1, 0.15) is 0 Å². The molecule has 0 amide bonds. The van der Waals surface area contributed by atoms with Gasteiger partial charge in [-0.15, -0.1) is 0 Å². The molecular formula is C11H7ClN4S. The van der Waals surface area contributed by atoms with Gasteiger partial charge in [-0.05, 0) is 18.2 Å². The highest BCUT2D eigenvalue weighted by Gasteiger charge is 2.10. The van der Waals surface area contributed by atoms with E-state index in [1.54, 1.807) is 24.5 Å². The first-order valence-corrected chi connectivity index (χ1v) is 6.06. The molecule has 6 heteroatoms. The quantitative estimate of drug-likeness (QED) is 0.685. The fourth-order valence-electron chi connectivity index (χ4n) is 1.50. The van der Waals surface area contributed by atoms with Crippen LogP contribution >= 0.6 is 22.9 Å². The first-order valence-electron chi connectivity index (χ1n) is 4.87. The van der Waals surface area contributed by atoms with Gasteiger partial charge in [0.1, 0.15) is 5.01 Å². The van der Waals surface area contributed by atoms with Crippen molar-refractivity contribution in [3.8, 4) is 10.6 Å². The molecule has 0 fully saturated rings. The number of thiazole rings is 1. The second-order valence-electron chi connectivity index (χ2n) is 3.44. The molecule has 4 nitrogen and oxygen atoms in total. The van der Waals surface area contributed by atoms with Gasteiger partial charge in [0.25, 0.3) is 0 Å². The third-order valence-corrected chi connectivity index (χ3v) is 3.57. The molecule has 0 unspecified atom stereocenters. The van der Waals surface area contributed by atoms with Crippen LogP contribution in [0.4, 0.5) is 5.69 Å². The van der Waals surface area contributed by atoms with Crippen molar-refractivity contribution in [2.75, 3.05) is 5.73 Å². The highest BCUT2D eigenvalue weighted by Crippen LogP contribution is 2.33. The second kappa shape index (κ2) is 3.94. The van der Waals surface area contributed by atoms with Crippen molar-refractivity contribution in [2.24, 2.45) is 0 Å². The van der Waals surface area contributed by atoms with E-state index in [9.17, 15) is 0 Å². The van der Waals surface area contributed by atoms with E-state index in [0.29, 0.717) is 16.4 Å². The van der Waals surface area contributed by atoms with Crippen LogP contribution in [0.2, 0.25) is 5.02 Å². The van der Waals surface area contributed by atoms with Crippen molar-refractivity contribution in [1.82, 2.24) is 15.0 Å². The number of nitrogens with zero attached hydrogens (tertiary/aromatic N) is 3. The predicted octanol–water partition coefficient (Wildman–Crippen LogP) is 2.99. The van der Waals surface area contributed by atoms with E-state index < -0.39 is 0 Å². The topological polar surface area (TPSA) is 64.7 Å². The lowest BCUT2D eigenvalue weighted by Crippen LogP contribution is -1.85. The second-order valence-corrected chi connectivity index (χ2v) is 4.83. The number of halogens is 1. The number of aromatic nitrogens is 3. The Morgan fingerprint density at radius 2 is 2.00 bits per heavy atom. The fraction of sp³-hybridized carbons (Fsp3) is 0. The summed E-state index contributed by atoms with van der Waals surface area (Å²) in [5, 5.41) is 1.39. The summed E-state index contributed by atoms with van der Waals surface area (Å²) in [4.78, 5) is 13.5. The van der Waals surface area contributed by atoms with Gasteiger partial charge in [-0.1, -0.05) is 22.9 Å². The van der Waals surface area contributed by atoms with Gasteiger partial charge < -0.3 is 5.73 Å². The molecule has 0 aliphatic carbocycles. The monoisotopic (exact) mass is 262 g/mol. The maximum atomic E-state index is 6.14. The zero-order valence-electron chi connectivity index (χ0n) is 8.59. The fourth-order valence-corrected chi connectivity index (χ4v) is 2.74. The first-order chi connectivity index (χ1) is 8.24. The Labute approximate surface area is 106 Å². The van der Waals surface area contributed by atoms with Crippen LogP contribution in [0.3, 0.4) is 0 Å². The number of rotatable bonds is 1. The van der Waals surface area contributed by atoms with Crippen LogP contribution in [0.15, 0.2) is 30.6 Å². The standard InChI is InChI=1S/C11H7ClN4S/c12-8-5-6(13)1-2-7(8)10-16-9-11(17-10)15-4-3-14-9/h1-5H,13H2. The van der Waals surface area contributed by atoms with Gasteiger partial charge in [-0.3, -0.25) is 0 Å². The molecule has 0 aliphatic heterocycles. The van der Waals surface area contributed by atoms with Crippen LogP contribution < -0.4 is 5.73 Å². The van der Waals surface area contributed by atoms with Gasteiger partial charge >= 0.3 is 0 Å². The zero-order valence-corrected chi connectivity index (χ0v) is 10.2. The molecule has 0 bridgehead atoms. The molecule has 1 aromatic carbocycles. The molecule has 0 radical (unpaired) electrons. The Kier molecular flexibility index (Phi) is 2.42. The van der Waals surface area contributed by atoms with E-state index in [4.69, 9.17) is 17.3 Å². The average molecular weight is 263 g/mol. The summed E-state index contributed by atoms with van der Waals surface area (Å²) in [6, 6.07) is 5.37. The number of hydrogen-bond acceptors (Lipinski definition) is 5. The van der Waals surface area contributed by atoms with Crippen molar-refractivity contribution in [3.63, 3.8) is 0 Å². The summed E-state index contributed by atoms with van der Waals surface area (Å²) in [6.07, 6.45) is 3.27. The maximum Gasteiger partial charge on any atom is 0.190 e. The van der Waals surface area contributed by atoms with Crippen LogP contribution in [0, 0.1) is 0 Å². The summed E-state index contributed by atoms with van der Waals surface area (Å²) < 4.78 is 0. The molecule has 0 aliphatic rings. The number of nitrogen functional groups attached to an aromatic ring is 1. The molecule has 2 N–H and O–H groups in total. The van der Waals surface area contributed by atoms with E-state index in [0.717, 1.165) is 15.4 Å². The summed E-state index contributed by atoms with van der Waals surface area (Å²) in [7, 11) is 0. The minimum absolute atomic E-state index is 0.587. The van der Waals surface area contributed by atoms with Crippen molar-refractivity contribution in [2.45, 2.75) is 0 Å². The van der Waals surface area contributed by atoms with Crippen molar-refractivity contribution in [1.29, 1.82) is 0 Å². The summed E-state index contributed by atoms with van der Waals surface area (Å²) in [5.74, 6) is 0. The molecular weight excluding hydrogens is 256 g/mol. The van der Waals surface area contributed by atoms with Crippen LogP contribution in [-0.4, -0.2) is 15.0 Å². The lowest BCUT2D eigenvalue weighted by atomic mass is 10.2. The zero-order chi connectivity index (χ0) is 11.8. The minimum Gasteiger partial charge on any atom is -0.399 e. The first kappa shape index (κ1) is 10.4. The summed E-state index contributed by atoms with van der Waals surface area (Å²) in [6.45, 7) is 0. The van der Waals surface area contributed by atoms with Crippen molar-refractivity contribution < 1.29 is 0 Å². The predicted molar refractivity (Wildman–Crippen MR) is 70.1 cm³/mol. The van der Waals surface area contributed by atoms with Gasteiger partial charge in [0.05, 0.1) is 5.02 Å². The molecule has 84 valence electrons. The molecule has 2 heterocycles. The Morgan fingerprint density at radius 1 is 1.18 bits per heavy atom. The van der Waals surface area contributed by atoms with Gasteiger partial charge in [0.2, 0.25) is 0 Å². The van der Waals surface area contributed by atoms with Gasteiger partial charge in [0.15, 0.2) is 10.5 Å².